The Hall–Kier alpha value is -8.91. The van der Waals surface area contributed by atoms with E-state index >= 15 is 0 Å². The largest absolute Gasteiger partial charge is 0.456 e. The maximum atomic E-state index is 6.40. The summed E-state index contributed by atoms with van der Waals surface area (Å²) in [4.78, 5) is 16.2. The summed E-state index contributed by atoms with van der Waals surface area (Å²) in [7, 11) is 0. The van der Waals surface area contributed by atoms with Gasteiger partial charge in [0.2, 0.25) is 0 Å². The molecule has 0 atom stereocenters. The van der Waals surface area contributed by atoms with Gasteiger partial charge in [-0.05, 0) is 95.2 Å². The fourth-order valence-corrected chi connectivity index (χ4v) is 11.7. The number of fused-ring (bicyclic) bond motifs is 13. The van der Waals surface area contributed by atoms with Crippen LogP contribution in [0.5, 0.6) is 0 Å². The van der Waals surface area contributed by atoms with E-state index in [1.807, 2.05) is 72.0 Å². The fraction of sp³-hybridized carbons (Fsp3) is 0. The van der Waals surface area contributed by atoms with Gasteiger partial charge in [0.15, 0.2) is 17.5 Å². The highest BCUT2D eigenvalue weighted by atomic mass is 32.1. The molecule has 5 aromatic heterocycles. The van der Waals surface area contributed by atoms with Crippen molar-refractivity contribution in [3.63, 3.8) is 0 Å². The van der Waals surface area contributed by atoms with Crippen LogP contribution in [0.4, 0.5) is 0 Å². The lowest BCUT2D eigenvalue weighted by Crippen LogP contribution is -2.02. The van der Waals surface area contributed by atoms with Crippen LogP contribution >= 0.6 is 11.3 Å². The molecule has 0 amide bonds. The van der Waals surface area contributed by atoms with Gasteiger partial charge in [0.25, 0.3) is 0 Å². The zero-order valence-electron chi connectivity index (χ0n) is 36.1. The minimum Gasteiger partial charge on any atom is -0.456 e. The fourth-order valence-electron chi connectivity index (χ4n) is 10.6. The molecule has 10 aromatic carbocycles. The van der Waals surface area contributed by atoms with Crippen LogP contribution in [0.2, 0.25) is 0 Å². The second-order valence-electron chi connectivity index (χ2n) is 17.5. The van der Waals surface area contributed by atoms with Crippen molar-refractivity contribution >= 4 is 108 Å². The first kappa shape index (κ1) is 37.3. The first-order valence-corrected chi connectivity index (χ1v) is 23.6. The zero-order chi connectivity index (χ0) is 44.5. The molecule has 0 unspecified atom stereocenters. The molecule has 0 fully saturated rings. The van der Waals surface area contributed by atoms with Crippen molar-refractivity contribution in [2.45, 2.75) is 0 Å². The summed E-state index contributed by atoms with van der Waals surface area (Å²) in [5.74, 6) is 1.67. The number of para-hydroxylation sites is 3. The van der Waals surface area contributed by atoms with E-state index in [0.29, 0.717) is 17.5 Å². The van der Waals surface area contributed by atoms with Gasteiger partial charge in [-0.25, -0.2) is 15.0 Å². The van der Waals surface area contributed by atoms with Crippen LogP contribution in [0.25, 0.3) is 148 Å². The predicted octanol–water partition coefficient (Wildman–Crippen LogP) is 17.0. The van der Waals surface area contributed by atoms with Crippen LogP contribution < -0.4 is 0 Å². The second-order valence-corrected chi connectivity index (χ2v) is 18.6. The third-order valence-corrected chi connectivity index (χ3v) is 14.8. The van der Waals surface area contributed by atoms with Gasteiger partial charge in [-0.15, -0.1) is 11.3 Å². The van der Waals surface area contributed by atoms with Gasteiger partial charge in [-0.2, -0.15) is 0 Å². The molecular formula is C61H34N4O2S. The van der Waals surface area contributed by atoms with Crippen molar-refractivity contribution in [3.8, 4) is 51.0 Å². The quantitative estimate of drug-likeness (QED) is 0.172. The molecule has 0 N–H and O–H groups in total. The van der Waals surface area contributed by atoms with Crippen molar-refractivity contribution in [2.75, 3.05) is 0 Å². The van der Waals surface area contributed by atoms with Crippen LogP contribution in [-0.4, -0.2) is 19.5 Å². The third kappa shape index (κ3) is 5.54. The Morgan fingerprint density at radius 2 is 0.897 bits per heavy atom. The summed E-state index contributed by atoms with van der Waals surface area (Å²) in [6.07, 6.45) is 0. The van der Waals surface area contributed by atoms with E-state index in [-0.39, 0.29) is 0 Å². The molecular weight excluding hydrogens is 853 g/mol. The van der Waals surface area contributed by atoms with Gasteiger partial charge < -0.3 is 13.4 Å². The number of rotatable bonds is 5. The van der Waals surface area contributed by atoms with Gasteiger partial charge in [0.1, 0.15) is 22.3 Å². The summed E-state index contributed by atoms with van der Waals surface area (Å²) < 4.78 is 17.8. The molecule has 68 heavy (non-hydrogen) atoms. The first-order valence-electron chi connectivity index (χ1n) is 22.7. The van der Waals surface area contributed by atoms with E-state index in [1.54, 1.807) is 0 Å². The Morgan fingerprint density at radius 3 is 1.62 bits per heavy atom. The molecule has 0 radical (unpaired) electrons. The topological polar surface area (TPSA) is 69.9 Å². The van der Waals surface area contributed by atoms with Gasteiger partial charge in [-0.1, -0.05) is 127 Å². The SMILES string of the molecule is c1ccc2cc3c(cc2c1)c1ccccc1n3-c1ccc(-c2nc(-c3cccc4oc5ccccc5c34)nc(-c3cccc4oc5ccccc5c34)n2)cc1-c1ccc2sc3ccccc3c2c1. The number of benzene rings is 10. The van der Waals surface area contributed by atoms with Crippen LogP contribution in [0, 0.1) is 0 Å². The number of hydrogen-bond donors (Lipinski definition) is 0. The number of hydrogen-bond acceptors (Lipinski definition) is 6. The molecule has 15 aromatic rings. The highest BCUT2D eigenvalue weighted by Gasteiger charge is 2.23. The number of nitrogens with zero attached hydrogens (tertiary/aromatic N) is 4. The van der Waals surface area contributed by atoms with Gasteiger partial charge in [0, 0.05) is 74.7 Å². The molecule has 0 bridgehead atoms. The molecule has 0 saturated heterocycles. The molecule has 7 heteroatoms. The lowest BCUT2D eigenvalue weighted by atomic mass is 9.98. The average molecular weight is 887 g/mol. The van der Waals surface area contributed by atoms with E-state index in [1.165, 1.54) is 41.7 Å². The molecule has 5 heterocycles. The summed E-state index contributed by atoms with van der Waals surface area (Å²) in [5.41, 5.74) is 11.3. The lowest BCUT2D eigenvalue weighted by Gasteiger charge is -2.17. The number of thiophene rings is 1. The van der Waals surface area contributed by atoms with Crippen LogP contribution in [0.15, 0.2) is 215 Å². The summed E-state index contributed by atoms with van der Waals surface area (Å²) >= 11 is 1.83. The van der Waals surface area contributed by atoms with Crippen molar-refractivity contribution < 1.29 is 8.83 Å². The molecule has 6 nitrogen and oxygen atoms in total. The standard InChI is InChI=1S/C61H34N4O2S/c1-2-14-36-34-50-46(31-35(36)13-1)39-15-3-7-21-48(39)65(50)49-29-27-38(33-45(49)37-28-30-56-47(32-37)40-16-6-10-26-55(40)68-56)59-62-60(43-19-11-24-53-57(43)41-17-4-8-22-51(41)66-53)64-61(63-59)44-20-12-25-54-58(44)42-18-5-9-23-52(42)67-54/h1-34H. The minimum absolute atomic E-state index is 0.554. The molecule has 0 aliphatic rings. The van der Waals surface area contributed by atoms with Crippen molar-refractivity contribution in [2.24, 2.45) is 0 Å². The Bertz CT molecular complexity index is 4460. The number of aromatic nitrogens is 4. The average Bonchev–Trinajstić information content (AvgIpc) is 4.16. The van der Waals surface area contributed by atoms with Crippen LogP contribution in [0.3, 0.4) is 0 Å². The summed E-state index contributed by atoms with van der Waals surface area (Å²) in [5, 5.41) is 11.2. The van der Waals surface area contributed by atoms with Crippen molar-refractivity contribution in [1.29, 1.82) is 0 Å². The first-order chi connectivity index (χ1) is 33.7. The zero-order valence-corrected chi connectivity index (χ0v) is 37.0. The highest BCUT2D eigenvalue weighted by Crippen LogP contribution is 2.44. The molecule has 15 rings (SSSR count). The van der Waals surface area contributed by atoms with E-state index < -0.39 is 0 Å². The summed E-state index contributed by atoms with van der Waals surface area (Å²) in [6, 6.07) is 72.9. The van der Waals surface area contributed by atoms with Gasteiger partial charge >= 0.3 is 0 Å². The predicted molar refractivity (Wildman–Crippen MR) is 281 cm³/mol. The van der Waals surface area contributed by atoms with Gasteiger partial charge in [0.05, 0.1) is 16.7 Å². The molecule has 316 valence electrons. The molecule has 0 aliphatic heterocycles. The van der Waals surface area contributed by atoms with Crippen molar-refractivity contribution in [1.82, 2.24) is 19.5 Å². The van der Waals surface area contributed by atoms with E-state index in [9.17, 15) is 0 Å². The Labute approximate surface area is 391 Å². The molecule has 0 saturated carbocycles. The molecule has 0 aliphatic carbocycles. The Balaban J connectivity index is 1.03. The van der Waals surface area contributed by atoms with E-state index in [0.717, 1.165) is 88.4 Å². The Morgan fingerprint density at radius 1 is 0.338 bits per heavy atom. The Kier molecular flexibility index (Phi) is 7.85. The second kappa shape index (κ2) is 14.3. The highest BCUT2D eigenvalue weighted by molar-refractivity contribution is 7.25. The van der Waals surface area contributed by atoms with Crippen LogP contribution in [-0.2, 0) is 0 Å². The molecule has 0 spiro atoms. The lowest BCUT2D eigenvalue weighted by molar-refractivity contribution is 0.668. The van der Waals surface area contributed by atoms with E-state index in [4.69, 9.17) is 23.8 Å². The smallest absolute Gasteiger partial charge is 0.164 e. The minimum atomic E-state index is 0.554. The monoisotopic (exact) mass is 886 g/mol. The summed E-state index contributed by atoms with van der Waals surface area (Å²) in [6.45, 7) is 0. The normalized spacial score (nSPS) is 12.1. The van der Waals surface area contributed by atoms with E-state index in [2.05, 4.69) is 150 Å². The number of furan rings is 2. The third-order valence-electron chi connectivity index (χ3n) is 13.6. The van der Waals surface area contributed by atoms with Gasteiger partial charge in [-0.3, -0.25) is 0 Å². The van der Waals surface area contributed by atoms with Crippen LogP contribution in [0.1, 0.15) is 0 Å². The maximum absolute atomic E-state index is 6.40. The maximum Gasteiger partial charge on any atom is 0.164 e. The van der Waals surface area contributed by atoms with Crippen molar-refractivity contribution in [3.05, 3.63) is 206 Å².